The summed E-state index contributed by atoms with van der Waals surface area (Å²) in [7, 11) is 0. The fraction of sp³-hybridized carbons (Fsp3) is 0.208. The van der Waals surface area contributed by atoms with Crippen LogP contribution in [0.4, 0.5) is 18.9 Å². The van der Waals surface area contributed by atoms with Gasteiger partial charge in [0.25, 0.3) is 5.91 Å². The number of anilines is 1. The van der Waals surface area contributed by atoms with Crippen molar-refractivity contribution in [1.82, 2.24) is 4.98 Å². The minimum absolute atomic E-state index is 0.0322. The first-order valence-corrected chi connectivity index (χ1v) is 11.0. The number of thiazole rings is 1. The molecule has 1 unspecified atom stereocenters. The summed E-state index contributed by atoms with van der Waals surface area (Å²) in [5.74, 6) is -2.76. The fourth-order valence-electron chi connectivity index (χ4n) is 3.95. The summed E-state index contributed by atoms with van der Waals surface area (Å²) < 4.78 is 42.3. The maximum Gasteiger partial charge on any atom is 0.573 e. The molecule has 4 rings (SSSR count). The molecule has 0 saturated carbocycles. The van der Waals surface area contributed by atoms with Gasteiger partial charge in [-0.2, -0.15) is 0 Å². The molecule has 0 saturated heterocycles. The molecule has 1 aliphatic heterocycles. The van der Waals surface area contributed by atoms with Gasteiger partial charge >= 0.3 is 6.36 Å². The third kappa shape index (κ3) is 4.41. The van der Waals surface area contributed by atoms with E-state index in [1.54, 1.807) is 32.0 Å². The number of aromatic nitrogens is 1. The van der Waals surface area contributed by atoms with Crippen molar-refractivity contribution in [3.05, 3.63) is 86.6 Å². The van der Waals surface area contributed by atoms with E-state index in [4.69, 9.17) is 0 Å². The zero-order chi connectivity index (χ0) is 24.8. The monoisotopic (exact) mass is 488 g/mol. The lowest BCUT2D eigenvalue weighted by molar-refractivity contribution is -0.274. The van der Waals surface area contributed by atoms with Gasteiger partial charge in [-0.05, 0) is 38.5 Å². The quantitative estimate of drug-likeness (QED) is 0.463. The second-order valence-electron chi connectivity index (χ2n) is 7.78. The Morgan fingerprint density at radius 3 is 2.44 bits per heavy atom. The van der Waals surface area contributed by atoms with Gasteiger partial charge in [0.1, 0.15) is 5.75 Å². The predicted molar refractivity (Wildman–Crippen MR) is 120 cm³/mol. The van der Waals surface area contributed by atoms with E-state index in [-0.39, 0.29) is 16.1 Å². The Morgan fingerprint density at radius 1 is 1.12 bits per heavy atom. The molecule has 0 spiro atoms. The lowest BCUT2D eigenvalue weighted by Crippen LogP contribution is -2.31. The van der Waals surface area contributed by atoms with E-state index in [0.717, 1.165) is 33.9 Å². The molecule has 10 heteroatoms. The van der Waals surface area contributed by atoms with E-state index in [1.807, 2.05) is 13.0 Å². The average Bonchev–Trinajstić information content (AvgIpc) is 3.22. The number of hydrogen-bond acceptors (Lipinski definition) is 6. The number of alkyl halides is 3. The van der Waals surface area contributed by atoms with Crippen LogP contribution in [0.3, 0.4) is 0 Å². The Kier molecular flexibility index (Phi) is 5.94. The minimum atomic E-state index is -4.92. The van der Waals surface area contributed by atoms with Crippen molar-refractivity contribution in [3.63, 3.8) is 0 Å². The molecule has 0 fully saturated rings. The lowest BCUT2D eigenvalue weighted by Gasteiger charge is -2.27. The number of hydrogen-bond donors (Lipinski definition) is 1. The molecule has 6 nitrogen and oxygen atoms in total. The molecule has 34 heavy (non-hydrogen) atoms. The van der Waals surface area contributed by atoms with Crippen LogP contribution in [0.15, 0.2) is 59.9 Å². The average molecular weight is 488 g/mol. The summed E-state index contributed by atoms with van der Waals surface area (Å²) in [4.78, 5) is 32.4. The van der Waals surface area contributed by atoms with Crippen molar-refractivity contribution in [2.45, 2.75) is 33.2 Å². The molecular formula is C24H19F3N2O4S. The van der Waals surface area contributed by atoms with Crippen LogP contribution < -0.4 is 9.64 Å². The van der Waals surface area contributed by atoms with Crippen molar-refractivity contribution in [2.75, 3.05) is 4.90 Å². The van der Waals surface area contributed by atoms with Crippen LogP contribution in [0, 0.1) is 20.8 Å². The highest BCUT2D eigenvalue weighted by atomic mass is 32.1. The predicted octanol–water partition coefficient (Wildman–Crippen LogP) is 5.75. The van der Waals surface area contributed by atoms with Crippen LogP contribution in [0.25, 0.3) is 0 Å². The van der Waals surface area contributed by atoms with Gasteiger partial charge in [0.15, 0.2) is 5.76 Å². The number of amides is 1. The highest BCUT2D eigenvalue weighted by Gasteiger charge is 2.45. The van der Waals surface area contributed by atoms with Gasteiger partial charge in [0, 0.05) is 11.8 Å². The van der Waals surface area contributed by atoms with E-state index in [0.29, 0.717) is 16.3 Å². The molecule has 0 bridgehead atoms. The molecule has 2 heterocycles. The summed E-state index contributed by atoms with van der Waals surface area (Å²) in [6, 6.07) is 10.8. The summed E-state index contributed by atoms with van der Waals surface area (Å²) >= 11 is 1.14. The van der Waals surface area contributed by atoms with E-state index in [1.165, 1.54) is 12.1 Å². The first-order valence-electron chi connectivity index (χ1n) is 10.1. The van der Waals surface area contributed by atoms with Crippen molar-refractivity contribution < 1.29 is 32.6 Å². The van der Waals surface area contributed by atoms with Crippen LogP contribution >= 0.6 is 11.3 Å². The van der Waals surface area contributed by atoms with E-state index in [2.05, 4.69) is 9.72 Å². The van der Waals surface area contributed by atoms with Crippen LogP contribution in [0.1, 0.15) is 37.5 Å². The maximum absolute atomic E-state index is 13.5. The van der Waals surface area contributed by atoms with Gasteiger partial charge < -0.3 is 9.84 Å². The van der Waals surface area contributed by atoms with Gasteiger partial charge in [-0.1, -0.05) is 35.9 Å². The number of carbonyl (C=O) groups is 2. The third-order valence-corrected chi connectivity index (χ3v) is 6.32. The number of aryl methyl sites for hydroxylation is 3. The summed E-state index contributed by atoms with van der Waals surface area (Å²) in [6.45, 7) is 5.21. The highest BCUT2D eigenvalue weighted by molar-refractivity contribution is 7.14. The Balaban J connectivity index is 1.87. The number of rotatable bonds is 5. The molecule has 3 aromatic rings. The molecule has 1 aromatic heterocycles. The molecule has 1 aliphatic rings. The Morgan fingerprint density at radius 2 is 1.82 bits per heavy atom. The third-order valence-electron chi connectivity index (χ3n) is 5.25. The second-order valence-corrected chi connectivity index (χ2v) is 8.98. The number of nitrogens with zero attached hydrogens (tertiary/aromatic N) is 2. The van der Waals surface area contributed by atoms with E-state index in [9.17, 15) is 27.9 Å². The molecule has 1 amide bonds. The normalized spacial score (nSPS) is 16.4. The van der Waals surface area contributed by atoms with Gasteiger partial charge in [-0.25, -0.2) is 4.98 Å². The van der Waals surface area contributed by atoms with E-state index < -0.39 is 35.6 Å². The number of halogens is 3. The summed E-state index contributed by atoms with van der Waals surface area (Å²) in [5.41, 5.74) is 1.68. The molecule has 2 aromatic carbocycles. The molecular weight excluding hydrogens is 469 g/mol. The molecule has 1 N–H and O–H groups in total. The largest absolute Gasteiger partial charge is 0.573 e. The number of ketones is 1. The number of carbonyl (C=O) groups excluding carboxylic acids is 2. The van der Waals surface area contributed by atoms with Crippen LogP contribution in [0.2, 0.25) is 0 Å². The Hall–Kier alpha value is -3.66. The molecule has 0 radical (unpaired) electrons. The van der Waals surface area contributed by atoms with Crippen LogP contribution in [0.5, 0.6) is 5.75 Å². The van der Waals surface area contributed by atoms with Crippen molar-refractivity contribution in [3.8, 4) is 5.75 Å². The Bertz CT molecular complexity index is 1330. The van der Waals surface area contributed by atoms with Gasteiger partial charge in [-0.15, -0.1) is 24.5 Å². The van der Waals surface area contributed by atoms with Crippen molar-refractivity contribution in [1.29, 1.82) is 0 Å². The van der Waals surface area contributed by atoms with Gasteiger partial charge in [0.05, 0.1) is 27.2 Å². The number of aliphatic hydroxyl groups excluding tert-OH is 1. The fourth-order valence-corrected chi connectivity index (χ4v) is 4.83. The lowest BCUT2D eigenvalue weighted by atomic mass is 9.94. The molecule has 0 aliphatic carbocycles. The van der Waals surface area contributed by atoms with Crippen LogP contribution in [-0.2, 0) is 4.79 Å². The molecule has 176 valence electrons. The number of aliphatic hydroxyl groups is 1. The zero-order valence-electron chi connectivity index (χ0n) is 18.3. The smallest absolute Gasteiger partial charge is 0.503 e. The summed E-state index contributed by atoms with van der Waals surface area (Å²) in [5, 5.41) is 11.5. The van der Waals surface area contributed by atoms with Gasteiger partial charge in [-0.3, -0.25) is 14.5 Å². The second kappa shape index (κ2) is 8.60. The number of Topliss-reactive ketones (excluding diaryl/α,β-unsaturated/α-hetero) is 1. The molecule has 1 atom stereocenters. The van der Waals surface area contributed by atoms with Gasteiger partial charge in [0.2, 0.25) is 5.78 Å². The van der Waals surface area contributed by atoms with Crippen LogP contribution in [-0.4, -0.2) is 28.1 Å². The van der Waals surface area contributed by atoms with Crippen molar-refractivity contribution in [2.24, 2.45) is 0 Å². The maximum atomic E-state index is 13.5. The highest BCUT2D eigenvalue weighted by Crippen LogP contribution is 2.43. The summed E-state index contributed by atoms with van der Waals surface area (Å²) in [6.07, 6.45) is -4.92. The van der Waals surface area contributed by atoms with Crippen molar-refractivity contribution >= 4 is 28.7 Å². The number of benzene rings is 2. The Labute approximate surface area is 196 Å². The number of ether oxygens (including phenoxy) is 1. The first-order chi connectivity index (χ1) is 16.0. The first kappa shape index (κ1) is 23.5. The SMILES string of the molecule is Cc1cccc(C2C(C(=O)c3sc(C)nc3C)=C(O)C(=O)N2c2cccc(OC(F)(F)F)c2)c1. The zero-order valence-corrected chi connectivity index (χ0v) is 19.1. The minimum Gasteiger partial charge on any atom is -0.503 e. The standard InChI is InChI=1S/C24H19F3N2O4S/c1-12-6-4-7-15(10-12)19-18(20(30)22-13(2)28-14(3)34-22)21(31)23(32)29(19)16-8-5-9-17(11-16)33-24(25,26)27/h4-11,19,31H,1-3H3. The topological polar surface area (TPSA) is 79.7 Å². The van der Waals surface area contributed by atoms with E-state index >= 15 is 0 Å².